The van der Waals surface area contributed by atoms with Gasteiger partial charge in [-0.2, -0.15) is 0 Å². The van der Waals surface area contributed by atoms with Gasteiger partial charge in [0.2, 0.25) is 0 Å². The average molecular weight is 211 g/mol. The molecule has 15 heavy (non-hydrogen) atoms. The Morgan fingerprint density at radius 2 is 1.60 bits per heavy atom. The van der Waals surface area contributed by atoms with Crippen LogP contribution in [0.2, 0.25) is 0 Å². The molecule has 1 nitrogen and oxygen atoms in total. The quantitative estimate of drug-likeness (QED) is 0.539. The summed E-state index contributed by atoms with van der Waals surface area (Å²) in [6, 6.07) is 0. The van der Waals surface area contributed by atoms with Gasteiger partial charge < -0.3 is 5.32 Å². The Bertz CT molecular complexity index is 144. The standard InChI is InChI=1S/C14H29N/c1-3-4-5-6-7-8-9-10-15-12-14-11-13(14)2/h13-15H,3-12H2,1-2H3. The summed E-state index contributed by atoms with van der Waals surface area (Å²) in [7, 11) is 0. The van der Waals surface area contributed by atoms with Gasteiger partial charge in [0.15, 0.2) is 0 Å². The summed E-state index contributed by atoms with van der Waals surface area (Å²) in [5.74, 6) is 2.01. The molecule has 0 spiro atoms. The molecule has 0 radical (unpaired) electrons. The van der Waals surface area contributed by atoms with Gasteiger partial charge in [0, 0.05) is 0 Å². The van der Waals surface area contributed by atoms with E-state index in [0.29, 0.717) is 0 Å². The van der Waals surface area contributed by atoms with Crippen molar-refractivity contribution in [2.24, 2.45) is 11.8 Å². The minimum Gasteiger partial charge on any atom is -0.316 e. The molecule has 2 atom stereocenters. The van der Waals surface area contributed by atoms with Crippen molar-refractivity contribution >= 4 is 0 Å². The van der Waals surface area contributed by atoms with Crippen LogP contribution in [0.5, 0.6) is 0 Å². The van der Waals surface area contributed by atoms with Crippen molar-refractivity contribution in [2.45, 2.75) is 65.2 Å². The fourth-order valence-corrected chi connectivity index (χ4v) is 2.18. The van der Waals surface area contributed by atoms with Gasteiger partial charge >= 0.3 is 0 Å². The SMILES string of the molecule is CCCCCCCCCNCC1CC1C. The van der Waals surface area contributed by atoms with Gasteiger partial charge in [0.05, 0.1) is 0 Å². The lowest BCUT2D eigenvalue weighted by atomic mass is 10.1. The molecule has 0 aromatic carbocycles. The third kappa shape index (κ3) is 6.94. The lowest BCUT2D eigenvalue weighted by Crippen LogP contribution is -2.18. The Morgan fingerprint density at radius 3 is 2.20 bits per heavy atom. The van der Waals surface area contributed by atoms with E-state index in [2.05, 4.69) is 19.2 Å². The molecule has 1 rings (SSSR count). The van der Waals surface area contributed by atoms with Crippen LogP contribution in [-0.2, 0) is 0 Å². The van der Waals surface area contributed by atoms with Gasteiger partial charge in [-0.05, 0) is 37.8 Å². The summed E-state index contributed by atoms with van der Waals surface area (Å²) >= 11 is 0. The van der Waals surface area contributed by atoms with E-state index in [4.69, 9.17) is 0 Å². The van der Waals surface area contributed by atoms with Crippen molar-refractivity contribution < 1.29 is 0 Å². The zero-order chi connectivity index (χ0) is 10.9. The Labute approximate surface area is 96.0 Å². The van der Waals surface area contributed by atoms with Crippen LogP contribution in [0, 0.1) is 11.8 Å². The van der Waals surface area contributed by atoms with Crippen molar-refractivity contribution in [1.82, 2.24) is 5.32 Å². The normalized spacial score (nSPS) is 24.4. The van der Waals surface area contributed by atoms with Gasteiger partial charge in [-0.3, -0.25) is 0 Å². The highest BCUT2D eigenvalue weighted by molar-refractivity contribution is 4.83. The van der Waals surface area contributed by atoms with E-state index in [9.17, 15) is 0 Å². The molecule has 0 saturated heterocycles. The second-order valence-electron chi connectivity index (χ2n) is 5.30. The van der Waals surface area contributed by atoms with Crippen molar-refractivity contribution in [1.29, 1.82) is 0 Å². The lowest BCUT2D eigenvalue weighted by molar-refractivity contribution is 0.547. The molecule has 2 unspecified atom stereocenters. The Hall–Kier alpha value is -0.0400. The fraction of sp³-hybridized carbons (Fsp3) is 1.00. The third-order valence-corrected chi connectivity index (χ3v) is 3.64. The number of hydrogen-bond acceptors (Lipinski definition) is 1. The third-order valence-electron chi connectivity index (χ3n) is 3.64. The van der Waals surface area contributed by atoms with E-state index in [0.717, 1.165) is 11.8 Å². The van der Waals surface area contributed by atoms with Crippen LogP contribution < -0.4 is 5.32 Å². The zero-order valence-electron chi connectivity index (χ0n) is 10.7. The summed E-state index contributed by atoms with van der Waals surface area (Å²) in [4.78, 5) is 0. The molecule has 1 heteroatoms. The maximum atomic E-state index is 3.58. The van der Waals surface area contributed by atoms with Gasteiger partial charge in [0.25, 0.3) is 0 Å². The van der Waals surface area contributed by atoms with Gasteiger partial charge in [0.1, 0.15) is 0 Å². The van der Waals surface area contributed by atoms with Crippen molar-refractivity contribution in [3.63, 3.8) is 0 Å². The Kier molecular flexibility index (Phi) is 7.08. The second-order valence-corrected chi connectivity index (χ2v) is 5.30. The van der Waals surface area contributed by atoms with Crippen molar-refractivity contribution in [2.75, 3.05) is 13.1 Å². The molecule has 0 aromatic heterocycles. The highest BCUT2D eigenvalue weighted by Gasteiger charge is 2.31. The fourth-order valence-electron chi connectivity index (χ4n) is 2.18. The maximum Gasteiger partial charge on any atom is -0.00179 e. The first-order chi connectivity index (χ1) is 7.34. The summed E-state index contributed by atoms with van der Waals surface area (Å²) in [6.07, 6.45) is 11.4. The largest absolute Gasteiger partial charge is 0.316 e. The summed E-state index contributed by atoms with van der Waals surface area (Å²) in [5.41, 5.74) is 0. The molecule has 0 heterocycles. The highest BCUT2D eigenvalue weighted by atomic mass is 14.9. The van der Waals surface area contributed by atoms with E-state index in [-0.39, 0.29) is 0 Å². The van der Waals surface area contributed by atoms with Gasteiger partial charge in [-0.1, -0.05) is 52.4 Å². The van der Waals surface area contributed by atoms with Crippen LogP contribution in [-0.4, -0.2) is 13.1 Å². The molecule has 1 fully saturated rings. The molecule has 0 aliphatic heterocycles. The first-order valence-electron chi connectivity index (χ1n) is 7.05. The molecule has 1 saturated carbocycles. The first kappa shape index (κ1) is 13.0. The van der Waals surface area contributed by atoms with Crippen molar-refractivity contribution in [3.05, 3.63) is 0 Å². The number of nitrogens with one attached hydrogen (secondary N) is 1. The molecule has 0 bridgehead atoms. The Morgan fingerprint density at radius 1 is 1.00 bits per heavy atom. The van der Waals surface area contributed by atoms with Crippen LogP contribution in [0.4, 0.5) is 0 Å². The monoisotopic (exact) mass is 211 g/mol. The van der Waals surface area contributed by atoms with E-state index in [1.807, 2.05) is 0 Å². The van der Waals surface area contributed by atoms with E-state index in [1.54, 1.807) is 0 Å². The molecular weight excluding hydrogens is 182 g/mol. The predicted octanol–water partition coefficient (Wildman–Crippen LogP) is 3.98. The Balaban J connectivity index is 1.66. The lowest BCUT2D eigenvalue weighted by Gasteiger charge is -2.03. The smallest absolute Gasteiger partial charge is 0.00179 e. The molecule has 1 N–H and O–H groups in total. The van der Waals surface area contributed by atoms with Gasteiger partial charge in [-0.15, -0.1) is 0 Å². The van der Waals surface area contributed by atoms with E-state index < -0.39 is 0 Å². The average Bonchev–Trinajstić information content (AvgIpc) is 2.92. The summed E-state index contributed by atoms with van der Waals surface area (Å²) < 4.78 is 0. The molecule has 90 valence electrons. The highest BCUT2D eigenvalue weighted by Crippen LogP contribution is 2.36. The van der Waals surface area contributed by atoms with Crippen LogP contribution in [0.1, 0.15) is 65.2 Å². The van der Waals surface area contributed by atoms with Crippen molar-refractivity contribution in [3.8, 4) is 0 Å². The molecule has 1 aliphatic carbocycles. The van der Waals surface area contributed by atoms with Gasteiger partial charge in [-0.25, -0.2) is 0 Å². The molecule has 0 aromatic rings. The first-order valence-corrected chi connectivity index (χ1v) is 7.05. The van der Waals surface area contributed by atoms with E-state index >= 15 is 0 Å². The zero-order valence-corrected chi connectivity index (χ0v) is 10.7. The number of unbranched alkanes of at least 4 members (excludes halogenated alkanes) is 6. The predicted molar refractivity (Wildman–Crippen MR) is 68.1 cm³/mol. The second kappa shape index (κ2) is 8.15. The van der Waals surface area contributed by atoms with Crippen LogP contribution in [0.25, 0.3) is 0 Å². The maximum absolute atomic E-state index is 3.58. The van der Waals surface area contributed by atoms with Crippen LogP contribution >= 0.6 is 0 Å². The van der Waals surface area contributed by atoms with Crippen LogP contribution in [0.3, 0.4) is 0 Å². The van der Waals surface area contributed by atoms with Crippen LogP contribution in [0.15, 0.2) is 0 Å². The number of hydrogen-bond donors (Lipinski definition) is 1. The van der Waals surface area contributed by atoms with E-state index in [1.165, 1.54) is 64.5 Å². The molecule has 1 aliphatic rings. The topological polar surface area (TPSA) is 12.0 Å². The summed E-state index contributed by atoms with van der Waals surface area (Å²) in [6.45, 7) is 7.16. The minimum atomic E-state index is 1.01. The molecular formula is C14H29N. The number of rotatable bonds is 10. The minimum absolute atomic E-state index is 1.01. The summed E-state index contributed by atoms with van der Waals surface area (Å²) in [5, 5.41) is 3.58. The molecule has 0 amide bonds.